The lowest BCUT2D eigenvalue weighted by atomic mass is 10.1. The van der Waals surface area contributed by atoms with Crippen molar-refractivity contribution in [2.24, 2.45) is 4.99 Å². The van der Waals surface area contributed by atoms with E-state index in [1.807, 2.05) is 13.1 Å². The number of nitrogens with zero attached hydrogens (tertiary/aromatic N) is 3. The SMILES string of the molecule is C=c1c(=O)[nH]c2n1Cc1cc(OCCCC(=O)N(C)CCCCCC)c(Cl)cc1N=2. The number of aromatic amines is 1. The van der Waals surface area contributed by atoms with Crippen molar-refractivity contribution >= 4 is 29.8 Å². The number of H-pyrrole nitrogens is 1. The summed E-state index contributed by atoms with van der Waals surface area (Å²) >= 11 is 6.35. The number of hydrogen-bond donors (Lipinski definition) is 1. The molecular formula is C22H29ClN4O3. The van der Waals surface area contributed by atoms with Gasteiger partial charge in [0.1, 0.15) is 11.1 Å². The molecule has 2 heterocycles. The van der Waals surface area contributed by atoms with Crippen LogP contribution in [0.3, 0.4) is 0 Å². The molecule has 1 amide bonds. The fourth-order valence-electron chi connectivity index (χ4n) is 3.46. The van der Waals surface area contributed by atoms with Crippen LogP contribution in [0.4, 0.5) is 5.69 Å². The molecule has 0 saturated carbocycles. The fraction of sp³-hybridized carbons (Fsp3) is 0.500. The summed E-state index contributed by atoms with van der Waals surface area (Å²) in [5.41, 5.74) is 1.83. The molecule has 0 radical (unpaired) electrons. The molecule has 0 saturated heterocycles. The van der Waals surface area contributed by atoms with E-state index in [0.717, 1.165) is 24.9 Å². The van der Waals surface area contributed by atoms with E-state index in [0.29, 0.717) is 53.4 Å². The summed E-state index contributed by atoms with van der Waals surface area (Å²) in [4.78, 5) is 32.9. The molecule has 0 fully saturated rings. The number of nitrogens with one attached hydrogen (secondary N) is 1. The zero-order valence-electron chi connectivity index (χ0n) is 17.7. The predicted octanol–water partition coefficient (Wildman–Crippen LogP) is 2.75. The molecule has 1 aliphatic rings. The number of aromatic nitrogens is 2. The van der Waals surface area contributed by atoms with E-state index >= 15 is 0 Å². The van der Waals surface area contributed by atoms with Gasteiger partial charge in [-0.2, -0.15) is 0 Å². The number of imidazole rings is 1. The molecule has 0 aliphatic carbocycles. The second kappa shape index (κ2) is 9.98. The first-order valence-electron chi connectivity index (χ1n) is 10.5. The van der Waals surface area contributed by atoms with E-state index in [9.17, 15) is 9.59 Å². The minimum atomic E-state index is -0.246. The molecule has 0 bridgehead atoms. The average Bonchev–Trinajstić information content (AvgIpc) is 2.99. The number of ether oxygens (including phenoxy) is 1. The topological polar surface area (TPSA) is 79.7 Å². The Labute approximate surface area is 181 Å². The van der Waals surface area contributed by atoms with Gasteiger partial charge in [-0.1, -0.05) is 44.4 Å². The Bertz CT molecular complexity index is 1070. The van der Waals surface area contributed by atoms with Crippen molar-refractivity contribution in [2.75, 3.05) is 20.2 Å². The number of carbonyl (C=O) groups is 1. The average molecular weight is 433 g/mol. The molecule has 2 aromatic rings. The van der Waals surface area contributed by atoms with E-state index in [2.05, 4.69) is 23.5 Å². The van der Waals surface area contributed by atoms with Gasteiger partial charge in [0.2, 0.25) is 11.5 Å². The lowest BCUT2D eigenvalue weighted by Crippen LogP contribution is -2.32. The molecular weight excluding hydrogens is 404 g/mol. The molecule has 1 N–H and O–H groups in total. The maximum atomic E-state index is 12.2. The van der Waals surface area contributed by atoms with E-state index < -0.39 is 0 Å². The van der Waals surface area contributed by atoms with Gasteiger partial charge in [0.05, 0.1) is 23.9 Å². The van der Waals surface area contributed by atoms with Crippen molar-refractivity contribution in [3.8, 4) is 5.75 Å². The molecule has 30 heavy (non-hydrogen) atoms. The Kier molecular flexibility index (Phi) is 7.37. The van der Waals surface area contributed by atoms with Crippen LogP contribution < -0.4 is 21.3 Å². The Morgan fingerprint density at radius 3 is 2.90 bits per heavy atom. The molecule has 3 rings (SSSR count). The summed E-state index contributed by atoms with van der Waals surface area (Å²) in [6.45, 7) is 7.65. The fourth-order valence-corrected chi connectivity index (χ4v) is 3.67. The molecule has 1 aromatic carbocycles. The summed E-state index contributed by atoms with van der Waals surface area (Å²) in [6.07, 6.45) is 5.68. The van der Waals surface area contributed by atoms with Gasteiger partial charge in [-0.15, -0.1) is 0 Å². The smallest absolute Gasteiger partial charge is 0.274 e. The van der Waals surface area contributed by atoms with Crippen molar-refractivity contribution in [3.05, 3.63) is 44.0 Å². The number of fused-ring (bicyclic) bond motifs is 2. The second-order valence-corrected chi connectivity index (χ2v) is 8.07. The lowest BCUT2D eigenvalue weighted by Gasteiger charge is -2.18. The third-order valence-corrected chi connectivity index (χ3v) is 5.62. The molecule has 0 spiro atoms. The third kappa shape index (κ3) is 5.14. The van der Waals surface area contributed by atoms with Gasteiger partial charge in [0.25, 0.3) is 5.56 Å². The van der Waals surface area contributed by atoms with Gasteiger partial charge in [0, 0.05) is 25.6 Å². The first-order valence-corrected chi connectivity index (χ1v) is 10.8. The van der Waals surface area contributed by atoms with Gasteiger partial charge >= 0.3 is 0 Å². The first kappa shape index (κ1) is 22.2. The number of unbranched alkanes of at least 4 members (excludes halogenated alkanes) is 3. The highest BCUT2D eigenvalue weighted by Gasteiger charge is 2.16. The van der Waals surface area contributed by atoms with E-state index in [4.69, 9.17) is 16.3 Å². The van der Waals surface area contributed by atoms with Crippen LogP contribution in [0.15, 0.2) is 21.9 Å². The zero-order valence-corrected chi connectivity index (χ0v) is 18.4. The number of amides is 1. The number of benzene rings is 1. The number of hydrogen-bond acceptors (Lipinski definition) is 4. The van der Waals surface area contributed by atoms with Crippen LogP contribution in [-0.2, 0) is 11.3 Å². The number of carbonyl (C=O) groups excluding carboxylic acids is 1. The van der Waals surface area contributed by atoms with Crippen molar-refractivity contribution in [1.82, 2.24) is 14.5 Å². The standard InChI is InChI=1S/C22H29ClN4O3/c1-4-5-6-7-10-26(3)20(28)9-8-11-30-19-12-16-14-27-15(2)21(29)25-22(27)24-18(16)13-17(19)23/h12-13H,2,4-11,14H2,1,3H3,(H,24,25,29). The van der Waals surface area contributed by atoms with E-state index in [-0.39, 0.29) is 11.5 Å². The largest absolute Gasteiger partial charge is 0.492 e. The van der Waals surface area contributed by atoms with Gasteiger partial charge in [-0.25, -0.2) is 4.99 Å². The van der Waals surface area contributed by atoms with E-state index in [1.54, 1.807) is 15.5 Å². The summed E-state index contributed by atoms with van der Waals surface area (Å²) < 4.78 is 7.56. The van der Waals surface area contributed by atoms with Crippen LogP contribution in [0.25, 0.3) is 6.58 Å². The van der Waals surface area contributed by atoms with Crippen LogP contribution in [0.1, 0.15) is 51.0 Å². The van der Waals surface area contributed by atoms with Crippen LogP contribution in [0.5, 0.6) is 5.75 Å². The molecule has 8 heteroatoms. The molecule has 1 aromatic heterocycles. The van der Waals surface area contributed by atoms with Crippen LogP contribution >= 0.6 is 11.6 Å². The van der Waals surface area contributed by atoms with E-state index in [1.165, 1.54) is 12.8 Å². The van der Waals surface area contributed by atoms with Crippen molar-refractivity contribution < 1.29 is 9.53 Å². The maximum Gasteiger partial charge on any atom is 0.274 e. The highest BCUT2D eigenvalue weighted by molar-refractivity contribution is 6.32. The summed E-state index contributed by atoms with van der Waals surface area (Å²) in [7, 11) is 1.86. The number of rotatable bonds is 10. The predicted molar refractivity (Wildman–Crippen MR) is 118 cm³/mol. The maximum absolute atomic E-state index is 12.2. The summed E-state index contributed by atoms with van der Waals surface area (Å²) in [5.74, 6) is 0.691. The first-order chi connectivity index (χ1) is 14.4. The minimum Gasteiger partial charge on any atom is -0.492 e. The van der Waals surface area contributed by atoms with Crippen LogP contribution in [0, 0.1) is 0 Å². The highest BCUT2D eigenvalue weighted by atomic mass is 35.5. The van der Waals surface area contributed by atoms with Gasteiger partial charge < -0.3 is 14.2 Å². The van der Waals surface area contributed by atoms with Crippen LogP contribution in [-0.4, -0.2) is 40.6 Å². The molecule has 162 valence electrons. The normalized spacial score (nSPS) is 12.1. The Morgan fingerprint density at radius 1 is 1.33 bits per heavy atom. The van der Waals surface area contributed by atoms with Crippen molar-refractivity contribution in [3.63, 3.8) is 0 Å². The van der Waals surface area contributed by atoms with Gasteiger partial charge in [-0.3, -0.25) is 14.6 Å². The quantitative estimate of drug-likeness (QED) is 0.500. The van der Waals surface area contributed by atoms with Crippen LogP contribution in [0.2, 0.25) is 5.02 Å². The minimum absolute atomic E-state index is 0.137. The molecule has 0 unspecified atom stereocenters. The van der Waals surface area contributed by atoms with Crippen molar-refractivity contribution in [2.45, 2.75) is 52.0 Å². The molecule has 1 aliphatic heterocycles. The van der Waals surface area contributed by atoms with Gasteiger partial charge in [0.15, 0.2) is 0 Å². The van der Waals surface area contributed by atoms with Gasteiger partial charge in [-0.05, 0) is 25.0 Å². The lowest BCUT2D eigenvalue weighted by molar-refractivity contribution is -0.130. The second-order valence-electron chi connectivity index (χ2n) is 7.66. The Hall–Kier alpha value is -2.54. The third-order valence-electron chi connectivity index (χ3n) is 5.32. The Morgan fingerprint density at radius 2 is 2.13 bits per heavy atom. The number of halogens is 1. The zero-order chi connectivity index (χ0) is 21.7. The highest BCUT2D eigenvalue weighted by Crippen LogP contribution is 2.34. The monoisotopic (exact) mass is 432 g/mol. The molecule has 7 nitrogen and oxygen atoms in total. The summed E-state index contributed by atoms with van der Waals surface area (Å²) in [5, 5.41) is 0.822. The van der Waals surface area contributed by atoms with Crippen molar-refractivity contribution in [1.29, 1.82) is 0 Å². The molecule has 0 atom stereocenters. The Balaban J connectivity index is 1.53. The summed E-state index contributed by atoms with van der Waals surface area (Å²) in [6, 6.07) is 3.58.